The number of rotatable bonds is 4. The van der Waals surface area contributed by atoms with E-state index in [9.17, 15) is 19.7 Å². The van der Waals surface area contributed by atoms with Gasteiger partial charge < -0.3 is 14.8 Å². The lowest BCUT2D eigenvalue weighted by Crippen LogP contribution is -2.63. The minimum absolute atomic E-state index is 0.0319. The second-order valence-corrected chi connectivity index (χ2v) is 8.10. The Hall–Kier alpha value is -3.68. The molecule has 5 rings (SSSR count). The van der Waals surface area contributed by atoms with Gasteiger partial charge in [0.05, 0.1) is 17.5 Å². The lowest BCUT2D eigenvalue weighted by atomic mass is 9.86. The lowest BCUT2D eigenvalue weighted by molar-refractivity contribution is -0.384. The third-order valence-electron chi connectivity index (χ3n) is 6.23. The fourth-order valence-electron chi connectivity index (χ4n) is 4.94. The summed E-state index contributed by atoms with van der Waals surface area (Å²) in [4.78, 5) is 44.2. The number of carbonyl (C=O) groups excluding carboxylic acids is 2. The number of hydrogen-bond donors (Lipinski definition) is 1. The summed E-state index contributed by atoms with van der Waals surface area (Å²) >= 11 is 0. The van der Waals surface area contributed by atoms with E-state index in [4.69, 9.17) is 0 Å². The molecular formula is C23H22N4O4. The third-order valence-corrected chi connectivity index (χ3v) is 6.23. The second kappa shape index (κ2) is 7.23. The number of amides is 2. The molecule has 8 heteroatoms. The number of non-ortho nitro benzene ring substituents is 1. The van der Waals surface area contributed by atoms with Gasteiger partial charge >= 0.3 is 0 Å². The molecule has 31 heavy (non-hydrogen) atoms. The number of hydrogen-bond acceptors (Lipinski definition) is 4. The molecule has 1 N–H and O–H groups in total. The van der Waals surface area contributed by atoms with Crippen LogP contribution in [0.25, 0.3) is 10.9 Å². The number of fused-ring (bicyclic) bond motifs is 4. The number of aromatic nitrogens is 1. The Labute approximate surface area is 178 Å². The van der Waals surface area contributed by atoms with Gasteiger partial charge in [-0.2, -0.15) is 0 Å². The SMILES string of the molecule is CCCN1CC(=O)N2[C@@H](c3cccc([N+](=O)[O-])c3)c3[nH]c4ccccc4c3C[C@H]2C1=O. The molecule has 2 aromatic carbocycles. The molecule has 0 aliphatic carbocycles. The van der Waals surface area contributed by atoms with Gasteiger partial charge in [0.2, 0.25) is 11.8 Å². The van der Waals surface area contributed by atoms with Gasteiger partial charge in [0, 0.05) is 41.7 Å². The van der Waals surface area contributed by atoms with Gasteiger partial charge in [0.1, 0.15) is 6.04 Å². The molecule has 158 valence electrons. The van der Waals surface area contributed by atoms with Crippen molar-refractivity contribution in [3.63, 3.8) is 0 Å². The first-order valence-corrected chi connectivity index (χ1v) is 10.4. The van der Waals surface area contributed by atoms with Gasteiger partial charge in [-0.25, -0.2) is 0 Å². The van der Waals surface area contributed by atoms with Gasteiger partial charge in [-0.3, -0.25) is 19.7 Å². The van der Waals surface area contributed by atoms with E-state index in [1.165, 1.54) is 12.1 Å². The first-order valence-electron chi connectivity index (χ1n) is 10.4. The van der Waals surface area contributed by atoms with Crippen molar-refractivity contribution in [3.05, 3.63) is 75.5 Å². The Balaban J connectivity index is 1.71. The summed E-state index contributed by atoms with van der Waals surface area (Å²) < 4.78 is 0. The average molecular weight is 418 g/mol. The molecule has 3 heterocycles. The molecule has 0 radical (unpaired) electrons. The maximum atomic E-state index is 13.3. The van der Waals surface area contributed by atoms with E-state index >= 15 is 0 Å². The Morgan fingerprint density at radius 2 is 1.97 bits per heavy atom. The Morgan fingerprint density at radius 1 is 1.16 bits per heavy atom. The zero-order chi connectivity index (χ0) is 21.7. The minimum atomic E-state index is -0.622. The quantitative estimate of drug-likeness (QED) is 0.520. The fourth-order valence-corrected chi connectivity index (χ4v) is 4.94. The molecule has 2 aliphatic rings. The van der Waals surface area contributed by atoms with Crippen LogP contribution in [-0.4, -0.2) is 50.7 Å². The Morgan fingerprint density at radius 3 is 2.74 bits per heavy atom. The third kappa shape index (κ3) is 2.98. The fraction of sp³-hybridized carbons (Fsp3) is 0.304. The number of para-hydroxylation sites is 1. The summed E-state index contributed by atoms with van der Waals surface area (Å²) in [6.07, 6.45) is 1.20. The number of H-pyrrole nitrogens is 1. The van der Waals surface area contributed by atoms with Crippen LogP contribution >= 0.6 is 0 Å². The summed E-state index contributed by atoms with van der Waals surface area (Å²) in [5.41, 5.74) is 3.32. The van der Waals surface area contributed by atoms with Crippen LogP contribution in [0.15, 0.2) is 48.5 Å². The monoisotopic (exact) mass is 418 g/mol. The average Bonchev–Trinajstić information content (AvgIpc) is 3.14. The van der Waals surface area contributed by atoms with Crippen molar-refractivity contribution in [1.29, 1.82) is 0 Å². The van der Waals surface area contributed by atoms with Crippen molar-refractivity contribution < 1.29 is 14.5 Å². The second-order valence-electron chi connectivity index (χ2n) is 8.10. The van der Waals surface area contributed by atoms with E-state index in [0.29, 0.717) is 18.5 Å². The predicted molar refractivity (Wildman–Crippen MR) is 114 cm³/mol. The number of nitro benzene ring substituents is 1. The van der Waals surface area contributed by atoms with E-state index in [-0.39, 0.29) is 24.0 Å². The van der Waals surface area contributed by atoms with E-state index < -0.39 is 17.0 Å². The van der Waals surface area contributed by atoms with Crippen molar-refractivity contribution in [2.75, 3.05) is 13.1 Å². The van der Waals surface area contributed by atoms with Crippen LogP contribution in [0.1, 0.15) is 36.2 Å². The van der Waals surface area contributed by atoms with Crippen LogP contribution in [0.3, 0.4) is 0 Å². The molecule has 2 atom stereocenters. The van der Waals surface area contributed by atoms with Crippen LogP contribution in [0.5, 0.6) is 0 Å². The zero-order valence-electron chi connectivity index (χ0n) is 17.1. The van der Waals surface area contributed by atoms with Crippen molar-refractivity contribution >= 4 is 28.4 Å². The molecule has 2 aliphatic heterocycles. The van der Waals surface area contributed by atoms with Gasteiger partial charge in [-0.1, -0.05) is 37.3 Å². The van der Waals surface area contributed by atoms with Gasteiger partial charge in [-0.05, 0) is 23.6 Å². The van der Waals surface area contributed by atoms with Crippen molar-refractivity contribution in [1.82, 2.24) is 14.8 Å². The standard InChI is InChI=1S/C23H22N4O4/c1-2-10-25-13-20(28)26-19(23(25)29)12-17-16-8-3-4-9-18(16)24-21(17)22(26)14-6-5-7-15(11-14)27(30)31/h3-9,11,19,22,24H,2,10,12-13H2,1H3/t19-,22-/m0/s1. The summed E-state index contributed by atoms with van der Waals surface area (Å²) in [5.74, 6) is -0.202. The molecule has 0 saturated carbocycles. The number of piperazine rings is 1. The normalized spacial score (nSPS) is 20.7. The molecule has 1 aromatic heterocycles. The van der Waals surface area contributed by atoms with Crippen molar-refractivity contribution in [2.24, 2.45) is 0 Å². The zero-order valence-corrected chi connectivity index (χ0v) is 17.1. The number of nitro groups is 1. The summed E-state index contributed by atoms with van der Waals surface area (Å²) in [6, 6.07) is 13.0. The Bertz CT molecular complexity index is 1220. The lowest BCUT2D eigenvalue weighted by Gasteiger charge is -2.47. The van der Waals surface area contributed by atoms with E-state index in [1.807, 2.05) is 31.2 Å². The summed E-state index contributed by atoms with van der Waals surface area (Å²) in [7, 11) is 0. The summed E-state index contributed by atoms with van der Waals surface area (Å²) in [5, 5.41) is 12.4. The van der Waals surface area contributed by atoms with Crippen LogP contribution in [0.2, 0.25) is 0 Å². The molecule has 2 amide bonds. The highest BCUT2D eigenvalue weighted by molar-refractivity contribution is 5.97. The largest absolute Gasteiger partial charge is 0.356 e. The smallest absolute Gasteiger partial charge is 0.269 e. The highest BCUT2D eigenvalue weighted by atomic mass is 16.6. The van der Waals surface area contributed by atoms with E-state index in [0.717, 1.165) is 28.6 Å². The van der Waals surface area contributed by atoms with E-state index in [2.05, 4.69) is 4.98 Å². The Kier molecular flexibility index (Phi) is 4.50. The highest BCUT2D eigenvalue weighted by Gasteiger charge is 2.48. The minimum Gasteiger partial charge on any atom is -0.356 e. The van der Waals surface area contributed by atoms with Crippen LogP contribution < -0.4 is 0 Å². The predicted octanol–water partition coefficient (Wildman–Crippen LogP) is 3.17. The van der Waals surface area contributed by atoms with Gasteiger partial charge in [-0.15, -0.1) is 0 Å². The first-order chi connectivity index (χ1) is 15.0. The van der Waals surface area contributed by atoms with Crippen LogP contribution in [0.4, 0.5) is 5.69 Å². The highest BCUT2D eigenvalue weighted by Crippen LogP contribution is 2.43. The molecule has 1 fully saturated rings. The maximum Gasteiger partial charge on any atom is 0.269 e. The number of carbonyl (C=O) groups is 2. The van der Waals surface area contributed by atoms with Gasteiger partial charge in [0.15, 0.2) is 0 Å². The summed E-state index contributed by atoms with van der Waals surface area (Å²) in [6.45, 7) is 2.55. The van der Waals surface area contributed by atoms with E-state index in [1.54, 1.807) is 21.9 Å². The number of nitrogens with zero attached hydrogens (tertiary/aromatic N) is 3. The molecule has 0 bridgehead atoms. The van der Waals surface area contributed by atoms with Crippen LogP contribution in [0, 0.1) is 10.1 Å². The molecule has 0 unspecified atom stereocenters. The molecule has 0 spiro atoms. The number of aromatic amines is 1. The van der Waals surface area contributed by atoms with Crippen LogP contribution in [-0.2, 0) is 16.0 Å². The molecular weight excluding hydrogens is 396 g/mol. The molecule has 8 nitrogen and oxygen atoms in total. The van der Waals surface area contributed by atoms with Gasteiger partial charge in [0.25, 0.3) is 5.69 Å². The molecule has 3 aromatic rings. The first kappa shape index (κ1) is 19.3. The topological polar surface area (TPSA) is 99.5 Å². The van der Waals surface area contributed by atoms with Crippen molar-refractivity contribution in [2.45, 2.75) is 31.8 Å². The molecule has 1 saturated heterocycles. The number of nitrogens with one attached hydrogen (secondary N) is 1. The number of benzene rings is 2. The van der Waals surface area contributed by atoms with Crippen molar-refractivity contribution in [3.8, 4) is 0 Å². The maximum absolute atomic E-state index is 13.3.